The van der Waals surface area contributed by atoms with Gasteiger partial charge < -0.3 is 20.1 Å². The van der Waals surface area contributed by atoms with Crippen LogP contribution in [-0.4, -0.2) is 75.0 Å². The maximum absolute atomic E-state index is 5.91. The second kappa shape index (κ2) is 9.13. The van der Waals surface area contributed by atoms with E-state index in [-0.39, 0.29) is 34.9 Å². The summed E-state index contributed by atoms with van der Waals surface area (Å²) in [5.41, 5.74) is 0.251. The van der Waals surface area contributed by atoms with Gasteiger partial charge in [0.25, 0.3) is 0 Å². The third kappa shape index (κ3) is 4.73. The molecule has 3 atom stereocenters. The summed E-state index contributed by atoms with van der Waals surface area (Å²) in [6.45, 7) is 13.2. The molecular formula is C20H39IN4O2. The topological polar surface area (TPSA) is 58.1 Å². The molecule has 2 aliphatic heterocycles. The van der Waals surface area contributed by atoms with Crippen molar-refractivity contribution in [1.29, 1.82) is 0 Å². The van der Waals surface area contributed by atoms with E-state index in [0.29, 0.717) is 24.2 Å². The Labute approximate surface area is 182 Å². The summed E-state index contributed by atoms with van der Waals surface area (Å²) in [4.78, 5) is 7.04. The maximum Gasteiger partial charge on any atom is 0.191 e. The summed E-state index contributed by atoms with van der Waals surface area (Å²) in [5.74, 6) is 1.53. The van der Waals surface area contributed by atoms with Crippen LogP contribution >= 0.6 is 24.0 Å². The fraction of sp³-hybridized carbons (Fsp3) is 0.950. The first-order valence-corrected chi connectivity index (χ1v) is 10.2. The molecule has 3 aliphatic rings. The fourth-order valence-corrected chi connectivity index (χ4v) is 5.07. The van der Waals surface area contributed by atoms with E-state index in [4.69, 9.17) is 9.47 Å². The number of methoxy groups -OCH3 is 1. The number of hydrogen-bond donors (Lipinski definition) is 2. The van der Waals surface area contributed by atoms with Crippen LogP contribution in [0.25, 0.3) is 0 Å². The normalized spacial score (nSPS) is 31.6. The third-order valence-corrected chi connectivity index (χ3v) is 6.94. The van der Waals surface area contributed by atoms with Gasteiger partial charge in [0.15, 0.2) is 5.96 Å². The molecule has 0 amide bonds. The summed E-state index contributed by atoms with van der Waals surface area (Å²) in [6, 6.07) is 0.432. The van der Waals surface area contributed by atoms with Crippen LogP contribution in [0, 0.1) is 11.3 Å². The number of guanidine groups is 1. The first-order chi connectivity index (χ1) is 12.3. The molecule has 2 heterocycles. The first kappa shape index (κ1) is 23.2. The minimum absolute atomic E-state index is 0. The van der Waals surface area contributed by atoms with Gasteiger partial charge in [0, 0.05) is 63.3 Å². The molecule has 3 rings (SSSR count). The van der Waals surface area contributed by atoms with Crippen molar-refractivity contribution >= 4 is 29.9 Å². The standard InChI is InChI=1S/C20H38N4O2.HI/c1-19(2,24-10-7-14(25-6)8-11-24)13-22-18(21-5)23-16-15-9-12-26-17(15)20(16,3)4;/h14-17H,7-13H2,1-6H3,(H2,21,22,23);1H. The van der Waals surface area contributed by atoms with Crippen LogP contribution in [-0.2, 0) is 9.47 Å². The molecule has 3 unspecified atom stereocenters. The van der Waals surface area contributed by atoms with E-state index in [9.17, 15) is 0 Å². The van der Waals surface area contributed by atoms with Crippen molar-refractivity contribution in [2.24, 2.45) is 16.3 Å². The number of nitrogens with one attached hydrogen (secondary N) is 2. The van der Waals surface area contributed by atoms with Crippen molar-refractivity contribution in [1.82, 2.24) is 15.5 Å². The predicted octanol–water partition coefficient (Wildman–Crippen LogP) is 2.47. The summed E-state index contributed by atoms with van der Waals surface area (Å²) in [6.07, 6.45) is 4.21. The second-order valence-corrected chi connectivity index (χ2v) is 9.35. The third-order valence-electron chi connectivity index (χ3n) is 6.94. The summed E-state index contributed by atoms with van der Waals surface area (Å²) in [5, 5.41) is 7.25. The van der Waals surface area contributed by atoms with Gasteiger partial charge in [-0.25, -0.2) is 0 Å². The lowest BCUT2D eigenvalue weighted by Gasteiger charge is -2.55. The lowest BCUT2D eigenvalue weighted by molar-refractivity contribution is -0.106. The molecular weight excluding hydrogens is 455 g/mol. The smallest absolute Gasteiger partial charge is 0.191 e. The second-order valence-electron chi connectivity index (χ2n) is 9.35. The van der Waals surface area contributed by atoms with Gasteiger partial charge in [0.05, 0.1) is 12.2 Å². The molecule has 0 aromatic heterocycles. The maximum atomic E-state index is 5.91. The van der Waals surface area contributed by atoms with Crippen molar-refractivity contribution in [3.8, 4) is 0 Å². The number of hydrogen-bond acceptors (Lipinski definition) is 4. The molecule has 0 spiro atoms. The fourth-order valence-electron chi connectivity index (χ4n) is 5.07. The van der Waals surface area contributed by atoms with E-state index in [2.05, 4.69) is 48.2 Å². The average Bonchev–Trinajstić information content (AvgIpc) is 3.09. The largest absolute Gasteiger partial charge is 0.381 e. The zero-order valence-electron chi connectivity index (χ0n) is 17.9. The Morgan fingerprint density at radius 2 is 1.93 bits per heavy atom. The summed E-state index contributed by atoms with van der Waals surface area (Å²) >= 11 is 0. The van der Waals surface area contributed by atoms with Gasteiger partial charge in [0.2, 0.25) is 0 Å². The lowest BCUT2D eigenvalue weighted by atomic mass is 9.57. The van der Waals surface area contributed by atoms with Gasteiger partial charge in [-0.3, -0.25) is 9.89 Å². The number of rotatable bonds is 5. The molecule has 0 aromatic carbocycles. The molecule has 27 heavy (non-hydrogen) atoms. The molecule has 0 radical (unpaired) electrons. The van der Waals surface area contributed by atoms with Crippen LogP contribution in [0.5, 0.6) is 0 Å². The highest BCUT2D eigenvalue weighted by molar-refractivity contribution is 14.0. The van der Waals surface area contributed by atoms with Crippen molar-refractivity contribution < 1.29 is 9.47 Å². The Kier molecular flexibility index (Phi) is 7.84. The Hall–Kier alpha value is -0.120. The number of ether oxygens (including phenoxy) is 2. The first-order valence-electron chi connectivity index (χ1n) is 10.2. The molecule has 2 N–H and O–H groups in total. The number of halogens is 1. The molecule has 1 saturated carbocycles. The van der Waals surface area contributed by atoms with Crippen molar-refractivity contribution in [2.45, 2.75) is 70.7 Å². The lowest BCUT2D eigenvalue weighted by Crippen LogP contribution is -2.68. The zero-order chi connectivity index (χ0) is 18.9. The molecule has 0 bridgehead atoms. The van der Waals surface area contributed by atoms with Crippen molar-refractivity contribution in [3.63, 3.8) is 0 Å². The number of aliphatic imine (C=N–C) groups is 1. The van der Waals surface area contributed by atoms with Crippen LogP contribution in [0.4, 0.5) is 0 Å². The highest BCUT2D eigenvalue weighted by Crippen LogP contribution is 2.52. The van der Waals surface area contributed by atoms with E-state index in [0.717, 1.165) is 51.5 Å². The van der Waals surface area contributed by atoms with Gasteiger partial charge in [-0.1, -0.05) is 13.8 Å². The number of piperidine rings is 1. The van der Waals surface area contributed by atoms with E-state index >= 15 is 0 Å². The molecule has 6 nitrogen and oxygen atoms in total. The predicted molar refractivity (Wildman–Crippen MR) is 121 cm³/mol. The minimum atomic E-state index is 0. The molecule has 3 fully saturated rings. The highest BCUT2D eigenvalue weighted by Gasteiger charge is 2.59. The Morgan fingerprint density at radius 3 is 2.52 bits per heavy atom. The van der Waals surface area contributed by atoms with Crippen LogP contribution < -0.4 is 10.6 Å². The number of fused-ring (bicyclic) bond motifs is 1. The van der Waals surface area contributed by atoms with Crippen LogP contribution in [0.1, 0.15) is 47.0 Å². The minimum Gasteiger partial charge on any atom is -0.381 e. The van der Waals surface area contributed by atoms with E-state index in [1.165, 1.54) is 0 Å². The quantitative estimate of drug-likeness (QED) is 0.350. The Balaban J connectivity index is 0.00000261. The van der Waals surface area contributed by atoms with Crippen LogP contribution in [0.15, 0.2) is 4.99 Å². The van der Waals surface area contributed by atoms with E-state index in [1.807, 2.05) is 14.2 Å². The molecule has 7 heteroatoms. The monoisotopic (exact) mass is 494 g/mol. The molecule has 158 valence electrons. The van der Waals surface area contributed by atoms with Crippen molar-refractivity contribution in [2.75, 3.05) is 40.4 Å². The van der Waals surface area contributed by atoms with Gasteiger partial charge in [-0.2, -0.15) is 0 Å². The molecule has 2 saturated heterocycles. The highest BCUT2D eigenvalue weighted by atomic mass is 127. The average molecular weight is 494 g/mol. The van der Waals surface area contributed by atoms with Gasteiger partial charge in [-0.05, 0) is 33.1 Å². The van der Waals surface area contributed by atoms with Crippen LogP contribution in [0.2, 0.25) is 0 Å². The van der Waals surface area contributed by atoms with Crippen molar-refractivity contribution in [3.05, 3.63) is 0 Å². The van der Waals surface area contributed by atoms with Gasteiger partial charge >= 0.3 is 0 Å². The number of nitrogens with zero attached hydrogens (tertiary/aromatic N) is 2. The van der Waals surface area contributed by atoms with Gasteiger partial charge in [-0.15, -0.1) is 24.0 Å². The molecule has 0 aromatic rings. The van der Waals surface area contributed by atoms with E-state index < -0.39 is 0 Å². The molecule has 1 aliphatic carbocycles. The zero-order valence-corrected chi connectivity index (χ0v) is 20.2. The Bertz CT molecular complexity index is 518. The van der Waals surface area contributed by atoms with E-state index in [1.54, 1.807) is 0 Å². The summed E-state index contributed by atoms with van der Waals surface area (Å²) in [7, 11) is 3.69. The number of likely N-dealkylation sites (tertiary alicyclic amines) is 1. The SMILES string of the molecule is CN=C(NCC(C)(C)N1CCC(OC)CC1)NC1C2CCOC2C1(C)C.I. The van der Waals surface area contributed by atoms with Gasteiger partial charge in [0.1, 0.15) is 0 Å². The van der Waals surface area contributed by atoms with Crippen LogP contribution in [0.3, 0.4) is 0 Å². The Morgan fingerprint density at radius 1 is 1.26 bits per heavy atom. The summed E-state index contributed by atoms with van der Waals surface area (Å²) < 4.78 is 11.4.